The zero-order valence-corrected chi connectivity index (χ0v) is 17.3. The zero-order valence-electron chi connectivity index (χ0n) is 14.9. The summed E-state index contributed by atoms with van der Waals surface area (Å²) < 4.78 is 33.3. The molecular formula is C16H29Cl2O5P. The minimum absolute atomic E-state index is 0.127. The molecule has 1 atom stereocenters. The van der Waals surface area contributed by atoms with Gasteiger partial charge in [-0.3, -0.25) is 9.09 Å². The maximum Gasteiger partial charge on any atom is 0.380 e. The lowest BCUT2D eigenvalue weighted by atomic mass is 10.1. The molecule has 0 rings (SSSR count). The molecule has 0 bridgehead atoms. The van der Waals surface area contributed by atoms with Gasteiger partial charge in [-0.15, -0.1) is 13.2 Å². The molecule has 0 aliphatic rings. The van der Waals surface area contributed by atoms with Crippen LogP contribution < -0.4 is 0 Å². The van der Waals surface area contributed by atoms with Gasteiger partial charge in [0.15, 0.2) is 0 Å². The Kier molecular flexibility index (Phi) is 11.0. The predicted molar refractivity (Wildman–Crippen MR) is 100 cm³/mol. The van der Waals surface area contributed by atoms with Crippen LogP contribution in [0.1, 0.15) is 34.1 Å². The lowest BCUT2D eigenvalue weighted by Crippen LogP contribution is -2.31. The molecule has 142 valence electrons. The third-order valence-electron chi connectivity index (χ3n) is 3.11. The Morgan fingerprint density at radius 3 is 2.04 bits per heavy atom. The van der Waals surface area contributed by atoms with E-state index in [2.05, 4.69) is 13.2 Å². The van der Waals surface area contributed by atoms with Crippen molar-refractivity contribution >= 4 is 28.6 Å². The van der Waals surface area contributed by atoms with Crippen LogP contribution in [0.3, 0.4) is 0 Å². The summed E-state index contributed by atoms with van der Waals surface area (Å²) in [4.78, 5) is 0. The maximum atomic E-state index is 11.4. The normalized spacial score (nSPS) is 14.4. The molecule has 0 aromatic heterocycles. The molecule has 1 unspecified atom stereocenters. The molecule has 0 saturated carbocycles. The fraction of sp³-hybridized carbons (Fsp3) is 0.750. The Labute approximate surface area is 155 Å². The number of hydrogen-bond donors (Lipinski definition) is 0. The largest absolute Gasteiger partial charge is 0.380 e. The van der Waals surface area contributed by atoms with Crippen LogP contribution in [-0.2, 0) is 23.3 Å². The van der Waals surface area contributed by atoms with Crippen molar-refractivity contribution in [3.05, 3.63) is 25.3 Å². The highest BCUT2D eigenvalue weighted by molar-refractivity contribution is 8.05. The van der Waals surface area contributed by atoms with Crippen LogP contribution in [0.4, 0.5) is 0 Å². The molecule has 8 heteroatoms. The van der Waals surface area contributed by atoms with Crippen molar-refractivity contribution in [1.82, 2.24) is 0 Å². The van der Waals surface area contributed by atoms with Crippen molar-refractivity contribution in [3.8, 4) is 0 Å². The zero-order chi connectivity index (χ0) is 18.9. The molecule has 0 aromatic carbocycles. The van der Waals surface area contributed by atoms with Gasteiger partial charge in [0.25, 0.3) is 0 Å². The minimum Gasteiger partial charge on any atom is -0.379 e. The molecule has 0 saturated heterocycles. The molecule has 0 fully saturated rings. The van der Waals surface area contributed by atoms with Gasteiger partial charge in [0, 0.05) is 13.2 Å². The first-order chi connectivity index (χ1) is 10.9. The van der Waals surface area contributed by atoms with E-state index in [0.717, 1.165) is 0 Å². The maximum absolute atomic E-state index is 11.4. The Bertz CT molecular complexity index is 434. The van der Waals surface area contributed by atoms with Crippen LogP contribution in [0.25, 0.3) is 0 Å². The van der Waals surface area contributed by atoms with Gasteiger partial charge in [-0.1, -0.05) is 12.2 Å². The molecular weight excluding hydrogens is 374 g/mol. The average molecular weight is 403 g/mol. The van der Waals surface area contributed by atoms with Crippen LogP contribution in [0.5, 0.6) is 0 Å². The molecule has 5 nitrogen and oxygen atoms in total. The molecule has 0 heterocycles. The van der Waals surface area contributed by atoms with Crippen molar-refractivity contribution in [2.24, 2.45) is 0 Å². The second-order valence-electron chi connectivity index (χ2n) is 6.34. The van der Waals surface area contributed by atoms with Gasteiger partial charge >= 0.3 is 6.07 Å². The van der Waals surface area contributed by atoms with Crippen molar-refractivity contribution in [3.63, 3.8) is 0 Å². The fourth-order valence-electron chi connectivity index (χ4n) is 1.42. The van der Waals surface area contributed by atoms with Gasteiger partial charge in [-0.25, -0.2) is 0 Å². The molecule has 0 aliphatic carbocycles. The Hall–Kier alpha value is 0.130. The summed E-state index contributed by atoms with van der Waals surface area (Å²) in [6.07, 6.45) is -0.221. The van der Waals surface area contributed by atoms with E-state index in [9.17, 15) is 4.57 Å². The van der Waals surface area contributed by atoms with Crippen LogP contribution in [0.2, 0.25) is 0 Å². The Balaban J connectivity index is 4.20. The van der Waals surface area contributed by atoms with E-state index in [1.54, 1.807) is 12.2 Å². The summed E-state index contributed by atoms with van der Waals surface area (Å²) >= 11 is 11.0. The average Bonchev–Trinajstić information content (AvgIpc) is 2.46. The Morgan fingerprint density at radius 1 is 1.00 bits per heavy atom. The molecule has 0 aromatic rings. The number of ether oxygens (including phenoxy) is 3. The molecule has 0 aliphatic heterocycles. The van der Waals surface area contributed by atoms with Crippen LogP contribution in [0.15, 0.2) is 25.3 Å². The molecule has 0 N–H and O–H groups in total. The van der Waals surface area contributed by atoms with E-state index in [0.29, 0.717) is 19.6 Å². The second-order valence-corrected chi connectivity index (χ2v) is 10.6. The quantitative estimate of drug-likeness (QED) is 0.223. The van der Waals surface area contributed by atoms with Crippen molar-refractivity contribution < 1.29 is 23.3 Å². The van der Waals surface area contributed by atoms with Gasteiger partial charge in [-0.2, -0.15) is 0 Å². The summed E-state index contributed by atoms with van der Waals surface area (Å²) in [5.74, 6) is 0. The highest BCUT2D eigenvalue weighted by Crippen LogP contribution is 2.58. The summed E-state index contributed by atoms with van der Waals surface area (Å²) in [5, 5.41) is 0. The van der Waals surface area contributed by atoms with Crippen LogP contribution in [-0.4, -0.2) is 43.7 Å². The highest BCUT2D eigenvalue weighted by atomic mass is 35.9. The van der Waals surface area contributed by atoms with E-state index in [1.165, 1.54) is 0 Å². The van der Waals surface area contributed by atoms with Crippen molar-refractivity contribution in [2.45, 2.75) is 51.4 Å². The molecule has 0 amide bonds. The third kappa shape index (κ3) is 13.4. The molecule has 0 radical (unpaired) electrons. The Morgan fingerprint density at radius 2 is 1.54 bits per heavy atom. The van der Waals surface area contributed by atoms with Gasteiger partial charge < -0.3 is 14.2 Å². The van der Waals surface area contributed by atoms with E-state index < -0.39 is 17.8 Å². The molecule has 24 heavy (non-hydrogen) atoms. The first-order valence-corrected chi connectivity index (χ1v) is 11.1. The first-order valence-electron chi connectivity index (χ1n) is 7.71. The SMILES string of the molecule is C=CC(C)(C)OCCCOCC(COC(C)(C)C=C)OP(=O)(Cl)Cl. The van der Waals surface area contributed by atoms with Gasteiger partial charge in [0.05, 0.1) is 24.4 Å². The van der Waals surface area contributed by atoms with E-state index >= 15 is 0 Å². The van der Waals surface area contributed by atoms with Crippen LogP contribution >= 0.6 is 28.6 Å². The monoisotopic (exact) mass is 402 g/mol. The number of rotatable bonds is 14. The molecule has 0 spiro atoms. The highest BCUT2D eigenvalue weighted by Gasteiger charge is 2.25. The van der Waals surface area contributed by atoms with Crippen molar-refractivity contribution in [1.29, 1.82) is 0 Å². The van der Waals surface area contributed by atoms with Gasteiger partial charge in [0.2, 0.25) is 0 Å². The van der Waals surface area contributed by atoms with Gasteiger partial charge in [0.1, 0.15) is 6.10 Å². The lowest BCUT2D eigenvalue weighted by Gasteiger charge is -2.25. The number of halogens is 2. The van der Waals surface area contributed by atoms with E-state index in [4.69, 9.17) is 41.2 Å². The second kappa shape index (κ2) is 11.0. The van der Waals surface area contributed by atoms with Gasteiger partial charge in [-0.05, 0) is 56.6 Å². The summed E-state index contributed by atoms with van der Waals surface area (Å²) in [6, 6.07) is 0. The third-order valence-corrected chi connectivity index (χ3v) is 4.13. The minimum atomic E-state index is -3.68. The first kappa shape index (κ1) is 24.1. The summed E-state index contributed by atoms with van der Waals surface area (Å²) in [6.45, 7) is 16.2. The lowest BCUT2D eigenvalue weighted by molar-refractivity contribution is -0.0523. The smallest absolute Gasteiger partial charge is 0.379 e. The summed E-state index contributed by atoms with van der Waals surface area (Å²) in [7, 11) is 0. The van der Waals surface area contributed by atoms with E-state index in [-0.39, 0.29) is 18.8 Å². The predicted octanol–water partition coefficient (Wildman–Crippen LogP) is 5.33. The fourth-order valence-corrected chi connectivity index (χ4v) is 2.56. The van der Waals surface area contributed by atoms with E-state index in [1.807, 2.05) is 27.7 Å². The topological polar surface area (TPSA) is 54.0 Å². The van der Waals surface area contributed by atoms with Crippen molar-refractivity contribution in [2.75, 3.05) is 26.4 Å². The standard InChI is InChI=1S/C16H29Cl2O5P/c1-7-15(3,4)21-11-9-10-20-12-14(23-24(17,18)19)13-22-16(5,6)8-2/h7-8,14H,1-2,9-13H2,3-6H3. The number of hydrogen-bond acceptors (Lipinski definition) is 5. The summed E-state index contributed by atoms with van der Waals surface area (Å²) in [5.41, 5.74) is -0.909. The van der Waals surface area contributed by atoms with Crippen LogP contribution in [0, 0.1) is 0 Å².